The topological polar surface area (TPSA) is 33.3 Å². The van der Waals surface area contributed by atoms with E-state index in [0.29, 0.717) is 6.10 Å². The fraction of sp³-hybridized carbons (Fsp3) is 1.00. The molecule has 56 valence electrons. The summed E-state index contributed by atoms with van der Waals surface area (Å²) in [5, 5.41) is 6.08. The molecule has 0 aromatic rings. The second-order valence-corrected chi connectivity index (χ2v) is 1.97. The van der Waals surface area contributed by atoms with Gasteiger partial charge in [0.15, 0.2) is 0 Å². The Balaban J connectivity index is 3.18. The van der Waals surface area contributed by atoms with Crippen LogP contribution < -0.4 is 10.6 Å². The Morgan fingerprint density at radius 2 is 1.67 bits per heavy atom. The van der Waals surface area contributed by atoms with Crippen molar-refractivity contribution in [2.24, 2.45) is 0 Å². The minimum Gasteiger partial charge on any atom is -0.379 e. The quantitative estimate of drug-likeness (QED) is 0.526. The van der Waals surface area contributed by atoms with Gasteiger partial charge in [0.1, 0.15) is 0 Å². The van der Waals surface area contributed by atoms with Crippen molar-refractivity contribution in [3.05, 3.63) is 0 Å². The van der Waals surface area contributed by atoms with Gasteiger partial charge in [-0.25, -0.2) is 0 Å². The van der Waals surface area contributed by atoms with E-state index in [4.69, 9.17) is 4.74 Å². The molecule has 0 atom stereocenters. The van der Waals surface area contributed by atoms with E-state index in [1.54, 1.807) is 7.11 Å². The van der Waals surface area contributed by atoms with Crippen molar-refractivity contribution < 1.29 is 4.74 Å². The molecular formula is C6H16N2O. The predicted molar refractivity (Wildman–Crippen MR) is 38.7 cm³/mol. The van der Waals surface area contributed by atoms with Gasteiger partial charge in [-0.05, 0) is 14.1 Å². The van der Waals surface area contributed by atoms with E-state index in [-0.39, 0.29) is 0 Å². The molecule has 3 heteroatoms. The molecule has 0 saturated carbocycles. The van der Waals surface area contributed by atoms with Crippen molar-refractivity contribution in [3.8, 4) is 0 Å². The number of ether oxygens (including phenoxy) is 1. The Morgan fingerprint density at radius 3 is 1.89 bits per heavy atom. The fourth-order valence-corrected chi connectivity index (χ4v) is 0.694. The molecule has 0 aliphatic heterocycles. The average molecular weight is 132 g/mol. The summed E-state index contributed by atoms with van der Waals surface area (Å²) in [6.45, 7) is 1.80. The Kier molecular flexibility index (Phi) is 5.93. The van der Waals surface area contributed by atoms with Crippen molar-refractivity contribution in [3.63, 3.8) is 0 Å². The lowest BCUT2D eigenvalue weighted by Crippen LogP contribution is -2.34. The van der Waals surface area contributed by atoms with Gasteiger partial charge in [0, 0.05) is 20.2 Å². The Morgan fingerprint density at radius 1 is 1.22 bits per heavy atom. The molecule has 0 fully saturated rings. The van der Waals surface area contributed by atoms with E-state index in [2.05, 4.69) is 10.6 Å². The van der Waals surface area contributed by atoms with Gasteiger partial charge >= 0.3 is 0 Å². The van der Waals surface area contributed by atoms with Gasteiger partial charge in [0.05, 0.1) is 6.10 Å². The normalized spacial score (nSPS) is 10.7. The monoisotopic (exact) mass is 132 g/mol. The van der Waals surface area contributed by atoms with Crippen LogP contribution in [-0.4, -0.2) is 40.4 Å². The zero-order chi connectivity index (χ0) is 7.11. The zero-order valence-corrected chi connectivity index (χ0v) is 6.40. The first-order valence-corrected chi connectivity index (χ1v) is 3.17. The second kappa shape index (κ2) is 6.01. The highest BCUT2D eigenvalue weighted by Crippen LogP contribution is 1.82. The molecule has 0 rings (SSSR count). The number of rotatable bonds is 5. The van der Waals surface area contributed by atoms with E-state index in [9.17, 15) is 0 Å². The number of nitrogens with one attached hydrogen (secondary N) is 2. The molecule has 0 aliphatic carbocycles. The largest absolute Gasteiger partial charge is 0.379 e. The van der Waals surface area contributed by atoms with Crippen LogP contribution in [0.3, 0.4) is 0 Å². The van der Waals surface area contributed by atoms with E-state index in [1.807, 2.05) is 14.1 Å². The lowest BCUT2D eigenvalue weighted by atomic mass is 10.3. The molecular weight excluding hydrogens is 116 g/mol. The molecule has 3 nitrogen and oxygen atoms in total. The van der Waals surface area contributed by atoms with Crippen molar-refractivity contribution in [2.75, 3.05) is 34.3 Å². The Bertz CT molecular complexity index is 53.0. The van der Waals surface area contributed by atoms with Crippen molar-refractivity contribution in [1.29, 1.82) is 0 Å². The third kappa shape index (κ3) is 4.39. The van der Waals surface area contributed by atoms with Gasteiger partial charge in [0.25, 0.3) is 0 Å². The minimum atomic E-state index is 0.292. The molecule has 0 bridgehead atoms. The Labute approximate surface area is 56.8 Å². The molecule has 0 saturated heterocycles. The van der Waals surface area contributed by atoms with Gasteiger partial charge in [-0.2, -0.15) is 0 Å². The second-order valence-electron chi connectivity index (χ2n) is 1.97. The highest BCUT2D eigenvalue weighted by molar-refractivity contribution is 4.60. The lowest BCUT2D eigenvalue weighted by molar-refractivity contribution is 0.104. The van der Waals surface area contributed by atoms with Gasteiger partial charge in [-0.3, -0.25) is 0 Å². The van der Waals surface area contributed by atoms with Crippen LogP contribution in [0.5, 0.6) is 0 Å². The number of hydrogen-bond acceptors (Lipinski definition) is 3. The van der Waals surface area contributed by atoms with Crippen LogP contribution in [-0.2, 0) is 4.74 Å². The summed E-state index contributed by atoms with van der Waals surface area (Å²) in [4.78, 5) is 0. The van der Waals surface area contributed by atoms with Crippen LogP contribution in [0.4, 0.5) is 0 Å². The summed E-state index contributed by atoms with van der Waals surface area (Å²) in [6.07, 6.45) is 0.292. The Hall–Kier alpha value is -0.120. The number of methoxy groups -OCH3 is 1. The van der Waals surface area contributed by atoms with Crippen LogP contribution in [0.25, 0.3) is 0 Å². The van der Waals surface area contributed by atoms with Crippen molar-refractivity contribution in [2.45, 2.75) is 6.10 Å². The summed E-state index contributed by atoms with van der Waals surface area (Å²) < 4.78 is 5.11. The molecule has 0 unspecified atom stereocenters. The smallest absolute Gasteiger partial charge is 0.0819 e. The van der Waals surface area contributed by atoms with Gasteiger partial charge in [-0.1, -0.05) is 0 Å². The summed E-state index contributed by atoms with van der Waals surface area (Å²) in [5.41, 5.74) is 0. The molecule has 0 heterocycles. The maximum absolute atomic E-state index is 5.11. The average Bonchev–Trinajstić information content (AvgIpc) is 1.88. The van der Waals surface area contributed by atoms with Crippen molar-refractivity contribution >= 4 is 0 Å². The summed E-state index contributed by atoms with van der Waals surface area (Å²) >= 11 is 0. The highest BCUT2D eigenvalue weighted by Gasteiger charge is 2.01. The van der Waals surface area contributed by atoms with Gasteiger partial charge in [0.2, 0.25) is 0 Å². The fourth-order valence-electron chi connectivity index (χ4n) is 0.694. The first-order valence-electron chi connectivity index (χ1n) is 3.17. The summed E-state index contributed by atoms with van der Waals surface area (Å²) in [7, 11) is 5.56. The summed E-state index contributed by atoms with van der Waals surface area (Å²) in [5.74, 6) is 0. The molecule has 0 radical (unpaired) electrons. The van der Waals surface area contributed by atoms with Crippen LogP contribution in [0.15, 0.2) is 0 Å². The molecule has 0 aromatic heterocycles. The molecule has 2 N–H and O–H groups in total. The SMILES string of the molecule is CNCC(CNC)OC. The first kappa shape index (κ1) is 8.88. The maximum Gasteiger partial charge on any atom is 0.0819 e. The molecule has 0 aromatic carbocycles. The zero-order valence-electron chi connectivity index (χ0n) is 6.40. The maximum atomic E-state index is 5.11. The van der Waals surface area contributed by atoms with E-state index < -0.39 is 0 Å². The highest BCUT2D eigenvalue weighted by atomic mass is 16.5. The van der Waals surface area contributed by atoms with Crippen LogP contribution in [0.2, 0.25) is 0 Å². The molecule has 0 spiro atoms. The standard InChI is InChI=1S/C6H16N2O/c1-7-4-6(9-3)5-8-2/h6-8H,4-5H2,1-3H3. The minimum absolute atomic E-state index is 0.292. The number of likely N-dealkylation sites (N-methyl/N-ethyl adjacent to an activating group) is 2. The third-order valence-corrected chi connectivity index (χ3v) is 1.20. The lowest BCUT2D eigenvalue weighted by Gasteiger charge is -2.12. The first-order chi connectivity index (χ1) is 4.35. The molecule has 0 aliphatic rings. The number of hydrogen-bond donors (Lipinski definition) is 2. The summed E-state index contributed by atoms with van der Waals surface area (Å²) in [6, 6.07) is 0. The van der Waals surface area contributed by atoms with E-state index in [1.165, 1.54) is 0 Å². The third-order valence-electron chi connectivity index (χ3n) is 1.20. The predicted octanol–water partition coefficient (Wildman–Crippen LogP) is -0.560. The molecule has 0 amide bonds. The van der Waals surface area contributed by atoms with Crippen LogP contribution in [0.1, 0.15) is 0 Å². The van der Waals surface area contributed by atoms with Crippen molar-refractivity contribution in [1.82, 2.24) is 10.6 Å². The van der Waals surface area contributed by atoms with Crippen LogP contribution >= 0.6 is 0 Å². The van der Waals surface area contributed by atoms with E-state index in [0.717, 1.165) is 13.1 Å². The van der Waals surface area contributed by atoms with Gasteiger partial charge < -0.3 is 15.4 Å². The van der Waals surface area contributed by atoms with Gasteiger partial charge in [-0.15, -0.1) is 0 Å². The molecule has 9 heavy (non-hydrogen) atoms. The van der Waals surface area contributed by atoms with E-state index >= 15 is 0 Å². The van der Waals surface area contributed by atoms with Crippen LogP contribution in [0, 0.1) is 0 Å².